The van der Waals surface area contributed by atoms with Crippen molar-refractivity contribution in [2.24, 2.45) is 0 Å². The summed E-state index contributed by atoms with van der Waals surface area (Å²) in [5.74, 6) is 0. The summed E-state index contributed by atoms with van der Waals surface area (Å²) < 4.78 is 5.73. The first kappa shape index (κ1) is 17.5. The molecule has 0 spiro atoms. The third-order valence-corrected chi connectivity index (χ3v) is 5.01. The fourth-order valence-corrected chi connectivity index (χ4v) is 3.99. The fourth-order valence-electron chi connectivity index (χ4n) is 3.10. The predicted octanol–water partition coefficient (Wildman–Crippen LogP) is 3.77. The summed E-state index contributed by atoms with van der Waals surface area (Å²) in [6.45, 7) is 6.69. The molecule has 1 atom stereocenters. The van der Waals surface area contributed by atoms with E-state index in [2.05, 4.69) is 34.5 Å². The Hall–Kier alpha value is -1.27. The van der Waals surface area contributed by atoms with Crippen LogP contribution in [-0.4, -0.2) is 33.7 Å². The van der Waals surface area contributed by atoms with Crippen LogP contribution < -0.4 is 0 Å². The van der Waals surface area contributed by atoms with Crippen LogP contribution in [0.1, 0.15) is 49.1 Å². The molecule has 0 saturated carbocycles. The summed E-state index contributed by atoms with van der Waals surface area (Å²) in [4.78, 5) is 7.03. The van der Waals surface area contributed by atoms with Gasteiger partial charge < -0.3 is 9.84 Å². The normalized spacial score (nSPS) is 18.4. The molecule has 5 heteroatoms. The smallest absolute Gasteiger partial charge is 0.122 e. The number of nitrogens with zero attached hydrogens (tertiary/aromatic N) is 2. The molecule has 1 aliphatic rings. The summed E-state index contributed by atoms with van der Waals surface area (Å²) >= 11 is 1.69. The Balaban J connectivity index is 1.68. The van der Waals surface area contributed by atoms with Gasteiger partial charge in [-0.15, -0.1) is 11.3 Å². The second-order valence-corrected chi connectivity index (χ2v) is 8.01. The third-order valence-electron chi connectivity index (χ3n) is 4.02. The van der Waals surface area contributed by atoms with Gasteiger partial charge in [0, 0.05) is 31.6 Å². The zero-order valence-corrected chi connectivity index (χ0v) is 15.3. The molecule has 0 radical (unpaired) electrons. The van der Waals surface area contributed by atoms with E-state index in [1.165, 1.54) is 5.56 Å². The van der Waals surface area contributed by atoms with Crippen LogP contribution >= 0.6 is 11.3 Å². The molecular formula is C19H26N2O2S. The number of benzene rings is 1. The van der Waals surface area contributed by atoms with Crippen molar-refractivity contribution in [3.8, 4) is 0 Å². The highest BCUT2D eigenvalue weighted by atomic mass is 32.1. The molecule has 1 unspecified atom stereocenters. The van der Waals surface area contributed by atoms with E-state index in [4.69, 9.17) is 9.72 Å². The maximum atomic E-state index is 10.2. The molecule has 24 heavy (non-hydrogen) atoms. The van der Waals surface area contributed by atoms with Crippen LogP contribution in [0, 0.1) is 0 Å². The lowest BCUT2D eigenvalue weighted by Gasteiger charge is -2.28. The third kappa shape index (κ3) is 5.11. The Morgan fingerprint density at radius 2 is 2.08 bits per heavy atom. The van der Waals surface area contributed by atoms with Gasteiger partial charge >= 0.3 is 0 Å². The summed E-state index contributed by atoms with van der Waals surface area (Å²) in [7, 11) is 0. The highest BCUT2D eigenvalue weighted by molar-refractivity contribution is 7.09. The maximum absolute atomic E-state index is 10.2. The Kier molecular flexibility index (Phi) is 5.66. The average molecular weight is 346 g/mol. The van der Waals surface area contributed by atoms with Crippen molar-refractivity contribution in [3.05, 3.63) is 52.0 Å². The van der Waals surface area contributed by atoms with Crippen molar-refractivity contribution in [1.82, 2.24) is 9.88 Å². The predicted molar refractivity (Wildman–Crippen MR) is 96.9 cm³/mol. The summed E-state index contributed by atoms with van der Waals surface area (Å²) in [5.41, 5.74) is 1.57. The molecular weight excluding hydrogens is 320 g/mol. The lowest BCUT2D eigenvalue weighted by molar-refractivity contribution is 0.0302. The Bertz CT molecular complexity index is 630. The van der Waals surface area contributed by atoms with Gasteiger partial charge in [-0.25, -0.2) is 4.98 Å². The molecule has 3 rings (SSSR count). The minimum atomic E-state index is -0.734. The van der Waals surface area contributed by atoms with Gasteiger partial charge in [-0.05, 0) is 32.3 Å². The topological polar surface area (TPSA) is 45.6 Å². The molecule has 1 N–H and O–H groups in total. The molecule has 2 heterocycles. The van der Waals surface area contributed by atoms with Crippen molar-refractivity contribution in [3.63, 3.8) is 0 Å². The number of hydrogen-bond acceptors (Lipinski definition) is 5. The molecule has 4 nitrogen and oxygen atoms in total. The Labute approximate surface area is 148 Å². The van der Waals surface area contributed by atoms with Crippen molar-refractivity contribution in [2.75, 3.05) is 13.2 Å². The van der Waals surface area contributed by atoms with E-state index >= 15 is 0 Å². The van der Waals surface area contributed by atoms with E-state index in [1.54, 1.807) is 11.3 Å². The second-order valence-electron chi connectivity index (χ2n) is 7.12. The molecule has 1 aromatic heterocycles. The van der Waals surface area contributed by atoms with Gasteiger partial charge in [0.25, 0.3) is 0 Å². The first-order valence-electron chi connectivity index (χ1n) is 8.54. The highest BCUT2D eigenvalue weighted by Gasteiger charge is 2.23. The molecule has 130 valence electrons. The van der Waals surface area contributed by atoms with Gasteiger partial charge in [-0.1, -0.05) is 30.3 Å². The molecule has 0 amide bonds. The fraction of sp³-hybridized carbons (Fsp3) is 0.526. The van der Waals surface area contributed by atoms with Gasteiger partial charge in [-0.3, -0.25) is 4.90 Å². The lowest BCUT2D eigenvalue weighted by Crippen LogP contribution is -2.38. The Morgan fingerprint density at radius 3 is 2.75 bits per heavy atom. The van der Waals surface area contributed by atoms with Gasteiger partial charge in [-0.2, -0.15) is 0 Å². The van der Waals surface area contributed by atoms with E-state index < -0.39 is 5.60 Å². The number of aliphatic hydroxyl groups is 1. The zero-order chi connectivity index (χ0) is 17.0. The summed E-state index contributed by atoms with van der Waals surface area (Å²) in [6, 6.07) is 10.4. The number of thiazole rings is 1. The highest BCUT2D eigenvalue weighted by Crippen LogP contribution is 2.31. The van der Waals surface area contributed by atoms with E-state index in [0.717, 1.165) is 43.2 Å². The van der Waals surface area contributed by atoms with Gasteiger partial charge in [0.2, 0.25) is 0 Å². The molecule has 1 aliphatic heterocycles. The van der Waals surface area contributed by atoms with Crippen LogP contribution in [0.5, 0.6) is 0 Å². The van der Waals surface area contributed by atoms with E-state index in [0.29, 0.717) is 6.54 Å². The maximum Gasteiger partial charge on any atom is 0.122 e. The van der Waals surface area contributed by atoms with Crippen molar-refractivity contribution >= 4 is 11.3 Å². The van der Waals surface area contributed by atoms with Crippen LogP contribution in [0.25, 0.3) is 0 Å². The largest absolute Gasteiger partial charge is 0.389 e. The van der Waals surface area contributed by atoms with Crippen LogP contribution in [0.3, 0.4) is 0 Å². The van der Waals surface area contributed by atoms with Crippen LogP contribution in [0.15, 0.2) is 35.7 Å². The van der Waals surface area contributed by atoms with Gasteiger partial charge in [0.1, 0.15) is 11.1 Å². The molecule has 0 bridgehead atoms. The minimum absolute atomic E-state index is 0.181. The van der Waals surface area contributed by atoms with E-state index in [9.17, 15) is 5.11 Å². The van der Waals surface area contributed by atoms with Gasteiger partial charge in [0.05, 0.1) is 11.3 Å². The number of rotatable bonds is 7. The monoisotopic (exact) mass is 346 g/mol. The quantitative estimate of drug-likeness (QED) is 0.829. The van der Waals surface area contributed by atoms with Crippen LogP contribution in [0.4, 0.5) is 0 Å². The van der Waals surface area contributed by atoms with E-state index in [-0.39, 0.29) is 6.10 Å². The molecule has 1 fully saturated rings. The molecule has 0 aliphatic carbocycles. The molecule has 1 aromatic carbocycles. The number of aromatic nitrogens is 1. The zero-order valence-electron chi connectivity index (χ0n) is 14.4. The summed E-state index contributed by atoms with van der Waals surface area (Å²) in [5, 5.41) is 13.5. The standard InChI is InChI=1S/C19H26N2O2S/c1-19(2,22)14-21(11-15-7-4-3-5-8-15)12-16-13-24-18(20-16)17-9-6-10-23-17/h3-5,7-8,13,17,22H,6,9-12,14H2,1-2H3. The van der Waals surface area contributed by atoms with Crippen LogP contribution in [-0.2, 0) is 17.8 Å². The molecule has 1 saturated heterocycles. The van der Waals surface area contributed by atoms with Crippen molar-refractivity contribution < 1.29 is 9.84 Å². The van der Waals surface area contributed by atoms with E-state index in [1.807, 2.05) is 19.9 Å². The average Bonchev–Trinajstić information content (AvgIpc) is 3.17. The first-order valence-corrected chi connectivity index (χ1v) is 9.42. The van der Waals surface area contributed by atoms with Crippen molar-refractivity contribution in [2.45, 2.75) is 51.5 Å². The number of hydrogen-bond donors (Lipinski definition) is 1. The first-order chi connectivity index (χ1) is 11.5. The Morgan fingerprint density at radius 1 is 1.29 bits per heavy atom. The molecule has 2 aromatic rings. The van der Waals surface area contributed by atoms with Gasteiger partial charge in [0.15, 0.2) is 0 Å². The summed E-state index contributed by atoms with van der Waals surface area (Å²) in [6.07, 6.45) is 2.38. The van der Waals surface area contributed by atoms with Crippen LogP contribution in [0.2, 0.25) is 0 Å². The number of ether oxygens (including phenoxy) is 1. The lowest BCUT2D eigenvalue weighted by atomic mass is 10.1. The van der Waals surface area contributed by atoms with Crippen molar-refractivity contribution in [1.29, 1.82) is 0 Å². The minimum Gasteiger partial charge on any atom is -0.389 e. The second kappa shape index (κ2) is 7.74. The SMILES string of the molecule is CC(C)(O)CN(Cc1ccccc1)Cc1csc(C2CCCO2)n1.